The summed E-state index contributed by atoms with van der Waals surface area (Å²) in [5.41, 5.74) is 0.415. The minimum atomic E-state index is -4.59. The molecular weight excluding hydrogens is 353 g/mol. The fourth-order valence-corrected chi connectivity index (χ4v) is 3.92. The topological polar surface area (TPSA) is 58.2 Å². The molecule has 3 rings (SSSR count). The van der Waals surface area contributed by atoms with E-state index in [4.69, 9.17) is 0 Å². The quantitative estimate of drug-likeness (QED) is 0.865. The lowest BCUT2D eigenvalue weighted by Crippen LogP contribution is -2.14. The lowest BCUT2D eigenvalue weighted by atomic mass is 9.98. The van der Waals surface area contributed by atoms with E-state index in [1.165, 1.54) is 0 Å². The molecule has 134 valence electrons. The third kappa shape index (κ3) is 4.13. The first-order chi connectivity index (χ1) is 11.8. The van der Waals surface area contributed by atoms with Crippen LogP contribution in [0.4, 0.5) is 18.9 Å². The fraction of sp³-hybridized carbons (Fsp3) is 0.294. The molecule has 2 aromatic carbocycles. The van der Waals surface area contributed by atoms with E-state index in [-0.39, 0.29) is 0 Å². The van der Waals surface area contributed by atoms with Gasteiger partial charge in [0.25, 0.3) is 10.0 Å². The van der Waals surface area contributed by atoms with Crippen molar-refractivity contribution in [2.75, 3.05) is 17.8 Å². The lowest BCUT2D eigenvalue weighted by Gasteiger charge is -2.13. The number of sulfonamides is 1. The second-order valence-electron chi connectivity index (χ2n) is 5.94. The molecule has 25 heavy (non-hydrogen) atoms. The Morgan fingerprint density at radius 3 is 2.40 bits per heavy atom. The van der Waals surface area contributed by atoms with Gasteiger partial charge in [0, 0.05) is 12.2 Å². The number of hydrogen-bond acceptors (Lipinski definition) is 3. The highest BCUT2D eigenvalue weighted by molar-refractivity contribution is 7.92. The molecule has 1 aliphatic heterocycles. The SMILES string of the molecule is O=S(=O)(Nc1ccc(C2CCNC2)cc1)c1cccc(C(F)(F)F)c1. The van der Waals surface area contributed by atoms with Gasteiger partial charge in [-0.2, -0.15) is 13.2 Å². The minimum absolute atomic E-state index is 0.312. The summed E-state index contributed by atoms with van der Waals surface area (Å²) in [6.07, 6.45) is -3.57. The van der Waals surface area contributed by atoms with Gasteiger partial charge in [-0.25, -0.2) is 8.42 Å². The Hall–Kier alpha value is -2.06. The Labute approximate surface area is 144 Å². The van der Waals surface area contributed by atoms with Gasteiger partial charge in [0.2, 0.25) is 0 Å². The van der Waals surface area contributed by atoms with Crippen LogP contribution < -0.4 is 10.0 Å². The van der Waals surface area contributed by atoms with E-state index >= 15 is 0 Å². The normalized spacial score (nSPS) is 18.3. The van der Waals surface area contributed by atoms with Crippen LogP contribution in [0.2, 0.25) is 0 Å². The monoisotopic (exact) mass is 370 g/mol. The van der Waals surface area contributed by atoms with Crippen LogP contribution in [0.15, 0.2) is 53.4 Å². The Balaban J connectivity index is 1.79. The molecule has 4 nitrogen and oxygen atoms in total. The second kappa shape index (κ2) is 6.68. The standard InChI is InChI=1S/C17H17F3N2O2S/c18-17(19,20)14-2-1-3-16(10-14)25(23,24)22-15-6-4-12(5-7-15)13-8-9-21-11-13/h1-7,10,13,21-22H,8-9,11H2. The van der Waals surface area contributed by atoms with Crippen LogP contribution in [0.3, 0.4) is 0 Å². The molecule has 0 bridgehead atoms. The van der Waals surface area contributed by atoms with Gasteiger partial charge in [0.15, 0.2) is 0 Å². The summed E-state index contributed by atoms with van der Waals surface area (Å²) in [6.45, 7) is 1.84. The van der Waals surface area contributed by atoms with Gasteiger partial charge in [0.05, 0.1) is 10.5 Å². The predicted octanol–water partition coefficient (Wildman–Crippen LogP) is 3.58. The lowest BCUT2D eigenvalue weighted by molar-refractivity contribution is -0.137. The van der Waals surface area contributed by atoms with Gasteiger partial charge in [0.1, 0.15) is 0 Å². The number of benzene rings is 2. The highest BCUT2D eigenvalue weighted by atomic mass is 32.2. The molecular formula is C17H17F3N2O2S. The van der Waals surface area contributed by atoms with Gasteiger partial charge in [-0.1, -0.05) is 18.2 Å². The summed E-state index contributed by atoms with van der Waals surface area (Å²) in [5, 5.41) is 3.26. The molecule has 0 radical (unpaired) electrons. The molecule has 1 aliphatic rings. The highest BCUT2D eigenvalue weighted by Crippen LogP contribution is 2.31. The number of rotatable bonds is 4. The first kappa shape index (κ1) is 17.8. The van der Waals surface area contributed by atoms with Crippen molar-refractivity contribution in [1.82, 2.24) is 5.32 Å². The van der Waals surface area contributed by atoms with E-state index in [0.29, 0.717) is 17.7 Å². The van der Waals surface area contributed by atoms with Crippen LogP contribution in [0.25, 0.3) is 0 Å². The van der Waals surface area contributed by atoms with Gasteiger partial charge in [-0.05, 0) is 54.8 Å². The van der Waals surface area contributed by atoms with Gasteiger partial charge < -0.3 is 5.32 Å². The van der Waals surface area contributed by atoms with Crippen molar-refractivity contribution in [3.8, 4) is 0 Å². The molecule has 1 atom stereocenters. The number of halogens is 3. The number of nitrogens with one attached hydrogen (secondary N) is 2. The number of anilines is 1. The largest absolute Gasteiger partial charge is 0.416 e. The van der Waals surface area contributed by atoms with Crippen LogP contribution >= 0.6 is 0 Å². The van der Waals surface area contributed by atoms with Gasteiger partial charge in [-0.3, -0.25) is 4.72 Å². The van der Waals surface area contributed by atoms with Crippen LogP contribution in [0.5, 0.6) is 0 Å². The van der Waals surface area contributed by atoms with Crippen molar-refractivity contribution in [3.63, 3.8) is 0 Å². The van der Waals surface area contributed by atoms with E-state index in [9.17, 15) is 21.6 Å². The van der Waals surface area contributed by atoms with Crippen molar-refractivity contribution < 1.29 is 21.6 Å². The molecule has 0 amide bonds. The maximum atomic E-state index is 12.8. The summed E-state index contributed by atoms with van der Waals surface area (Å²) >= 11 is 0. The number of hydrogen-bond donors (Lipinski definition) is 2. The maximum absolute atomic E-state index is 12.8. The zero-order chi connectivity index (χ0) is 18.1. The smallest absolute Gasteiger partial charge is 0.316 e. The van der Waals surface area contributed by atoms with E-state index < -0.39 is 26.7 Å². The molecule has 2 N–H and O–H groups in total. The number of alkyl halides is 3. The molecule has 1 heterocycles. The third-order valence-electron chi connectivity index (χ3n) is 4.17. The fourth-order valence-electron chi connectivity index (χ4n) is 2.82. The van der Waals surface area contributed by atoms with Crippen LogP contribution in [-0.2, 0) is 16.2 Å². The van der Waals surface area contributed by atoms with E-state index in [1.807, 2.05) is 12.1 Å². The Morgan fingerprint density at radius 1 is 1.08 bits per heavy atom. The van der Waals surface area contributed by atoms with Crippen molar-refractivity contribution in [2.45, 2.75) is 23.4 Å². The van der Waals surface area contributed by atoms with Crippen molar-refractivity contribution in [3.05, 3.63) is 59.7 Å². The van der Waals surface area contributed by atoms with E-state index in [0.717, 1.165) is 43.3 Å². The third-order valence-corrected chi connectivity index (χ3v) is 5.55. The molecule has 0 aliphatic carbocycles. The molecule has 8 heteroatoms. The van der Waals surface area contributed by atoms with Crippen molar-refractivity contribution >= 4 is 15.7 Å². The summed E-state index contributed by atoms with van der Waals surface area (Å²) in [4.78, 5) is -0.425. The average Bonchev–Trinajstić information content (AvgIpc) is 3.09. The van der Waals surface area contributed by atoms with Crippen LogP contribution in [0, 0.1) is 0 Å². The average molecular weight is 370 g/mol. The second-order valence-corrected chi connectivity index (χ2v) is 7.63. The summed E-state index contributed by atoms with van der Waals surface area (Å²) in [6, 6.07) is 10.6. The first-order valence-electron chi connectivity index (χ1n) is 7.76. The molecule has 2 aromatic rings. The Morgan fingerprint density at radius 2 is 1.80 bits per heavy atom. The molecule has 1 unspecified atom stereocenters. The van der Waals surface area contributed by atoms with Crippen molar-refractivity contribution in [1.29, 1.82) is 0 Å². The highest BCUT2D eigenvalue weighted by Gasteiger charge is 2.31. The van der Waals surface area contributed by atoms with Crippen LogP contribution in [-0.4, -0.2) is 21.5 Å². The first-order valence-corrected chi connectivity index (χ1v) is 9.25. The van der Waals surface area contributed by atoms with E-state index in [1.54, 1.807) is 12.1 Å². The molecule has 1 saturated heterocycles. The molecule has 0 saturated carbocycles. The zero-order valence-electron chi connectivity index (χ0n) is 13.2. The molecule has 0 aromatic heterocycles. The summed E-state index contributed by atoms with van der Waals surface area (Å²) in [5.74, 6) is 0.397. The van der Waals surface area contributed by atoms with Gasteiger partial charge in [-0.15, -0.1) is 0 Å². The summed E-state index contributed by atoms with van der Waals surface area (Å²) < 4.78 is 65.3. The molecule has 1 fully saturated rings. The van der Waals surface area contributed by atoms with E-state index in [2.05, 4.69) is 10.0 Å². The zero-order valence-corrected chi connectivity index (χ0v) is 14.0. The van der Waals surface area contributed by atoms with Crippen molar-refractivity contribution in [2.24, 2.45) is 0 Å². The Bertz CT molecular complexity index is 843. The maximum Gasteiger partial charge on any atom is 0.416 e. The van der Waals surface area contributed by atoms with Gasteiger partial charge >= 0.3 is 6.18 Å². The summed E-state index contributed by atoms with van der Waals surface area (Å²) in [7, 11) is -4.09. The Kier molecular flexibility index (Phi) is 4.75. The minimum Gasteiger partial charge on any atom is -0.316 e. The van der Waals surface area contributed by atoms with Crippen LogP contribution in [0.1, 0.15) is 23.5 Å². The predicted molar refractivity (Wildman–Crippen MR) is 88.9 cm³/mol. The molecule has 0 spiro atoms.